The maximum atomic E-state index is 11.4. The van der Waals surface area contributed by atoms with Gasteiger partial charge < -0.3 is 5.32 Å². The van der Waals surface area contributed by atoms with Gasteiger partial charge in [0.25, 0.3) is 0 Å². The number of urea groups is 1. The summed E-state index contributed by atoms with van der Waals surface area (Å²) in [5.74, 6) is -0.319. The van der Waals surface area contributed by atoms with Gasteiger partial charge in [0.15, 0.2) is 0 Å². The van der Waals surface area contributed by atoms with Crippen LogP contribution < -0.4 is 10.6 Å². The van der Waals surface area contributed by atoms with Crippen LogP contribution in [0.2, 0.25) is 0 Å². The molecule has 0 heterocycles. The van der Waals surface area contributed by atoms with Crippen molar-refractivity contribution in [2.75, 3.05) is 11.2 Å². The van der Waals surface area contributed by atoms with E-state index in [1.807, 2.05) is 6.07 Å². The van der Waals surface area contributed by atoms with Crippen molar-refractivity contribution in [3.8, 4) is 6.07 Å². The van der Waals surface area contributed by atoms with E-state index in [1.165, 1.54) is 0 Å². The minimum Gasteiger partial charge on any atom is -0.306 e. The fraction of sp³-hybridized carbons (Fsp3) is 0.182. The maximum Gasteiger partial charge on any atom is 0.325 e. The second-order valence-electron chi connectivity index (χ2n) is 3.10. The van der Waals surface area contributed by atoms with Crippen molar-refractivity contribution in [2.24, 2.45) is 0 Å². The summed E-state index contributed by atoms with van der Waals surface area (Å²) in [7, 11) is 0. The molecule has 0 aliphatic rings. The van der Waals surface area contributed by atoms with E-state index in [2.05, 4.69) is 10.6 Å². The minimum absolute atomic E-state index is 0.0644. The van der Waals surface area contributed by atoms with E-state index in [0.29, 0.717) is 11.3 Å². The molecule has 0 saturated carbocycles. The molecule has 0 fully saturated rings. The molecule has 0 saturated heterocycles. The first kappa shape index (κ1) is 13.0. The first-order valence-electron chi connectivity index (χ1n) is 4.83. The van der Waals surface area contributed by atoms with Gasteiger partial charge in [0, 0.05) is 12.3 Å². The molecular formula is C11H10ClN3O2. The van der Waals surface area contributed by atoms with Gasteiger partial charge in [-0.1, -0.05) is 12.1 Å². The highest BCUT2D eigenvalue weighted by molar-refractivity contribution is 6.19. The van der Waals surface area contributed by atoms with Crippen molar-refractivity contribution >= 4 is 29.2 Å². The fourth-order valence-corrected chi connectivity index (χ4v) is 1.29. The number of rotatable bonds is 3. The molecule has 3 amide bonds. The van der Waals surface area contributed by atoms with Gasteiger partial charge in [0.2, 0.25) is 5.91 Å². The Morgan fingerprint density at radius 2 is 2.06 bits per heavy atom. The summed E-state index contributed by atoms with van der Waals surface area (Å²) in [5, 5.41) is 13.3. The van der Waals surface area contributed by atoms with E-state index in [-0.39, 0.29) is 12.3 Å². The lowest BCUT2D eigenvalue weighted by Gasteiger charge is -2.07. The molecule has 1 aromatic rings. The second kappa shape index (κ2) is 6.51. The van der Waals surface area contributed by atoms with Gasteiger partial charge in [-0.25, -0.2) is 4.79 Å². The Labute approximate surface area is 103 Å². The molecule has 1 rings (SSSR count). The number of hydrogen-bond acceptors (Lipinski definition) is 3. The summed E-state index contributed by atoms with van der Waals surface area (Å²) >= 11 is 5.35. The van der Waals surface area contributed by atoms with Crippen LogP contribution in [-0.4, -0.2) is 17.8 Å². The highest BCUT2D eigenvalue weighted by Gasteiger charge is 2.08. The van der Waals surface area contributed by atoms with Crippen molar-refractivity contribution in [3.63, 3.8) is 0 Å². The van der Waals surface area contributed by atoms with E-state index in [1.54, 1.807) is 24.3 Å². The van der Waals surface area contributed by atoms with Crippen LogP contribution in [0.15, 0.2) is 24.3 Å². The Morgan fingerprint density at radius 3 is 2.71 bits per heavy atom. The summed E-state index contributed by atoms with van der Waals surface area (Å²) in [6.45, 7) is 0. The topological polar surface area (TPSA) is 82.0 Å². The zero-order valence-electron chi connectivity index (χ0n) is 8.87. The van der Waals surface area contributed by atoms with Crippen LogP contribution in [0, 0.1) is 11.3 Å². The van der Waals surface area contributed by atoms with Gasteiger partial charge in [-0.2, -0.15) is 5.26 Å². The molecule has 5 nitrogen and oxygen atoms in total. The molecule has 2 N–H and O–H groups in total. The van der Waals surface area contributed by atoms with Crippen LogP contribution in [0.5, 0.6) is 0 Å². The quantitative estimate of drug-likeness (QED) is 0.804. The number of amides is 3. The van der Waals surface area contributed by atoms with E-state index >= 15 is 0 Å². The number of benzene rings is 1. The molecule has 0 bridgehead atoms. The molecule has 0 aliphatic heterocycles. The number of alkyl halides is 1. The highest BCUT2D eigenvalue weighted by atomic mass is 35.5. The smallest absolute Gasteiger partial charge is 0.306 e. The predicted molar refractivity (Wildman–Crippen MR) is 63.7 cm³/mol. The van der Waals surface area contributed by atoms with Crippen molar-refractivity contribution < 1.29 is 9.59 Å². The molecule has 0 unspecified atom stereocenters. The number of carbonyl (C=O) groups is 2. The molecular weight excluding hydrogens is 242 g/mol. The van der Waals surface area contributed by atoms with Crippen molar-refractivity contribution in [3.05, 3.63) is 29.8 Å². The average molecular weight is 252 g/mol. The summed E-state index contributed by atoms with van der Waals surface area (Å²) in [4.78, 5) is 22.4. The third kappa shape index (κ3) is 4.13. The standard InChI is InChI=1S/C11H10ClN3O2/c12-6-5-10(16)15-11(17)14-9-4-2-1-3-8(9)7-13/h1-4H,5-6H2,(H2,14,15,16,17). The Hall–Kier alpha value is -2.06. The van der Waals surface area contributed by atoms with Gasteiger partial charge in [0.05, 0.1) is 11.3 Å². The van der Waals surface area contributed by atoms with Gasteiger partial charge in [-0.05, 0) is 12.1 Å². The molecule has 0 radical (unpaired) electrons. The average Bonchev–Trinajstić information content (AvgIpc) is 2.29. The Bertz CT molecular complexity index is 468. The zero-order chi connectivity index (χ0) is 12.7. The Morgan fingerprint density at radius 1 is 1.35 bits per heavy atom. The third-order valence-corrected chi connectivity index (χ3v) is 2.06. The number of nitrogens with one attached hydrogen (secondary N) is 2. The summed E-state index contributed by atoms with van der Waals surface area (Å²) in [6, 6.07) is 7.75. The summed E-state index contributed by atoms with van der Waals surface area (Å²) in [6.07, 6.45) is 0.0644. The first-order valence-corrected chi connectivity index (χ1v) is 5.36. The monoisotopic (exact) mass is 251 g/mol. The van der Waals surface area contributed by atoms with Gasteiger partial charge in [-0.15, -0.1) is 11.6 Å². The maximum absolute atomic E-state index is 11.4. The van der Waals surface area contributed by atoms with Crippen LogP contribution in [0.3, 0.4) is 0 Å². The van der Waals surface area contributed by atoms with Crippen LogP contribution in [0.1, 0.15) is 12.0 Å². The lowest BCUT2D eigenvalue weighted by Crippen LogP contribution is -2.34. The second-order valence-corrected chi connectivity index (χ2v) is 3.48. The molecule has 0 spiro atoms. The molecule has 88 valence electrons. The van der Waals surface area contributed by atoms with Gasteiger partial charge in [-0.3, -0.25) is 10.1 Å². The third-order valence-electron chi connectivity index (χ3n) is 1.87. The van der Waals surface area contributed by atoms with Crippen molar-refractivity contribution in [1.29, 1.82) is 5.26 Å². The zero-order valence-corrected chi connectivity index (χ0v) is 9.62. The number of nitrogens with zero attached hydrogens (tertiary/aromatic N) is 1. The van der Waals surface area contributed by atoms with Gasteiger partial charge >= 0.3 is 6.03 Å². The Balaban J connectivity index is 2.63. The van der Waals surface area contributed by atoms with Crippen LogP contribution in [0.4, 0.5) is 10.5 Å². The van der Waals surface area contributed by atoms with Crippen molar-refractivity contribution in [2.45, 2.75) is 6.42 Å². The lowest BCUT2D eigenvalue weighted by molar-refractivity contribution is -0.119. The normalized spacial score (nSPS) is 9.18. The first-order chi connectivity index (χ1) is 8.17. The van der Waals surface area contributed by atoms with E-state index in [0.717, 1.165) is 0 Å². The number of anilines is 1. The SMILES string of the molecule is N#Cc1ccccc1NC(=O)NC(=O)CCCl. The highest BCUT2D eigenvalue weighted by Crippen LogP contribution is 2.12. The predicted octanol–water partition coefficient (Wildman–Crippen LogP) is 1.84. The largest absolute Gasteiger partial charge is 0.325 e. The number of imide groups is 1. The van der Waals surface area contributed by atoms with Gasteiger partial charge in [0.1, 0.15) is 6.07 Å². The molecule has 0 aliphatic carbocycles. The molecule has 0 aromatic heterocycles. The molecule has 0 atom stereocenters. The molecule has 1 aromatic carbocycles. The minimum atomic E-state index is -0.678. The molecule has 17 heavy (non-hydrogen) atoms. The number of para-hydroxylation sites is 1. The number of hydrogen-bond donors (Lipinski definition) is 2. The van der Waals surface area contributed by atoms with E-state index in [9.17, 15) is 9.59 Å². The number of carbonyl (C=O) groups excluding carboxylic acids is 2. The number of halogens is 1. The number of nitriles is 1. The van der Waals surface area contributed by atoms with Crippen LogP contribution in [-0.2, 0) is 4.79 Å². The van der Waals surface area contributed by atoms with E-state index in [4.69, 9.17) is 16.9 Å². The Kier molecular flexibility index (Phi) is 4.98. The summed E-state index contributed by atoms with van der Waals surface area (Å²) in [5.41, 5.74) is 0.679. The van der Waals surface area contributed by atoms with Crippen molar-refractivity contribution in [1.82, 2.24) is 5.32 Å². The fourth-order valence-electron chi connectivity index (χ4n) is 1.12. The van der Waals surface area contributed by atoms with Crippen LogP contribution >= 0.6 is 11.6 Å². The van der Waals surface area contributed by atoms with E-state index < -0.39 is 11.9 Å². The van der Waals surface area contributed by atoms with Crippen LogP contribution in [0.25, 0.3) is 0 Å². The lowest BCUT2D eigenvalue weighted by atomic mass is 10.2. The molecule has 6 heteroatoms. The summed E-state index contributed by atoms with van der Waals surface area (Å²) < 4.78 is 0.